The quantitative estimate of drug-likeness (QED) is 0.575. The van der Waals surface area contributed by atoms with Gasteiger partial charge < -0.3 is 5.32 Å². The van der Waals surface area contributed by atoms with Crippen molar-refractivity contribution in [3.63, 3.8) is 0 Å². The molecule has 0 aliphatic heterocycles. The van der Waals surface area contributed by atoms with Gasteiger partial charge in [-0.25, -0.2) is 0 Å². The van der Waals surface area contributed by atoms with E-state index < -0.39 is 0 Å². The highest BCUT2D eigenvalue weighted by atomic mass is 14.9. The van der Waals surface area contributed by atoms with E-state index >= 15 is 0 Å². The van der Waals surface area contributed by atoms with Gasteiger partial charge in [-0.05, 0) is 43.1 Å². The Hall–Kier alpha value is -0.0400. The van der Waals surface area contributed by atoms with Gasteiger partial charge in [0.05, 0.1) is 0 Å². The van der Waals surface area contributed by atoms with Crippen LogP contribution in [-0.4, -0.2) is 13.1 Å². The summed E-state index contributed by atoms with van der Waals surface area (Å²) in [6, 6.07) is 0. The molecular weight excluding hydrogens is 206 g/mol. The molecule has 0 heterocycles. The molecule has 0 aromatic rings. The maximum Gasteiger partial charge on any atom is 0.000791 e. The number of nitrogens with one attached hydrogen (secondary N) is 1. The predicted octanol–water partition coefficient (Wildman–Crippen LogP) is 4.86. The maximum absolute atomic E-state index is 3.69. The SMILES string of the molecule is CCCCC(CC)(CNCC(C)C)CC(C)C. The first-order chi connectivity index (χ1) is 7.95. The number of unbranched alkanes of at least 4 members (excludes halogenated alkanes) is 1. The lowest BCUT2D eigenvalue weighted by atomic mass is 9.74. The zero-order chi connectivity index (χ0) is 13.3. The van der Waals surface area contributed by atoms with Crippen LogP contribution in [0.3, 0.4) is 0 Å². The summed E-state index contributed by atoms with van der Waals surface area (Å²) in [5.41, 5.74) is 0.541. The topological polar surface area (TPSA) is 12.0 Å². The summed E-state index contributed by atoms with van der Waals surface area (Å²) in [6.45, 7) is 16.3. The van der Waals surface area contributed by atoms with Crippen molar-refractivity contribution in [2.24, 2.45) is 17.3 Å². The third-order valence-corrected chi connectivity index (χ3v) is 3.70. The lowest BCUT2D eigenvalue weighted by Crippen LogP contribution is -2.36. The molecule has 0 fully saturated rings. The first kappa shape index (κ1) is 17.0. The summed E-state index contributed by atoms with van der Waals surface area (Å²) >= 11 is 0. The average molecular weight is 241 g/mol. The van der Waals surface area contributed by atoms with Crippen LogP contribution < -0.4 is 5.32 Å². The molecule has 1 atom stereocenters. The molecule has 0 amide bonds. The number of hydrogen-bond donors (Lipinski definition) is 1. The van der Waals surface area contributed by atoms with Crippen LogP contribution in [0, 0.1) is 17.3 Å². The van der Waals surface area contributed by atoms with Crippen LogP contribution in [0.25, 0.3) is 0 Å². The molecule has 0 saturated heterocycles. The molecule has 0 radical (unpaired) electrons. The Morgan fingerprint density at radius 3 is 2.06 bits per heavy atom. The van der Waals surface area contributed by atoms with Crippen molar-refractivity contribution in [3.05, 3.63) is 0 Å². The Bertz CT molecular complexity index is 174. The van der Waals surface area contributed by atoms with Crippen LogP contribution in [0.2, 0.25) is 0 Å². The molecule has 1 unspecified atom stereocenters. The second-order valence-electron chi connectivity index (χ2n) is 6.58. The smallest absolute Gasteiger partial charge is 0.000791 e. The largest absolute Gasteiger partial charge is 0.316 e. The third kappa shape index (κ3) is 7.81. The van der Waals surface area contributed by atoms with Crippen LogP contribution >= 0.6 is 0 Å². The summed E-state index contributed by atoms with van der Waals surface area (Å²) in [7, 11) is 0. The van der Waals surface area contributed by atoms with Gasteiger partial charge in [-0.2, -0.15) is 0 Å². The van der Waals surface area contributed by atoms with Crippen LogP contribution in [0.1, 0.15) is 73.6 Å². The number of hydrogen-bond acceptors (Lipinski definition) is 1. The molecule has 17 heavy (non-hydrogen) atoms. The van der Waals surface area contributed by atoms with E-state index in [1.54, 1.807) is 0 Å². The van der Waals surface area contributed by atoms with Crippen molar-refractivity contribution in [2.45, 2.75) is 73.6 Å². The van der Waals surface area contributed by atoms with Crippen molar-refractivity contribution in [2.75, 3.05) is 13.1 Å². The van der Waals surface area contributed by atoms with E-state index in [2.05, 4.69) is 46.9 Å². The van der Waals surface area contributed by atoms with Crippen LogP contribution in [-0.2, 0) is 0 Å². The zero-order valence-electron chi connectivity index (χ0n) is 13.1. The second kappa shape index (κ2) is 8.97. The fourth-order valence-corrected chi connectivity index (χ4v) is 2.75. The second-order valence-corrected chi connectivity index (χ2v) is 6.58. The normalized spacial score (nSPS) is 15.5. The van der Waals surface area contributed by atoms with Gasteiger partial charge in [0.2, 0.25) is 0 Å². The molecule has 104 valence electrons. The first-order valence-corrected chi connectivity index (χ1v) is 7.66. The lowest BCUT2D eigenvalue weighted by Gasteiger charge is -2.35. The molecule has 1 heteroatoms. The molecule has 0 aromatic carbocycles. The molecule has 1 N–H and O–H groups in total. The molecule has 0 aromatic heterocycles. The van der Waals surface area contributed by atoms with Crippen molar-refractivity contribution >= 4 is 0 Å². The van der Waals surface area contributed by atoms with Gasteiger partial charge in [0.15, 0.2) is 0 Å². The van der Waals surface area contributed by atoms with Gasteiger partial charge in [0.25, 0.3) is 0 Å². The van der Waals surface area contributed by atoms with Crippen molar-refractivity contribution < 1.29 is 0 Å². The predicted molar refractivity (Wildman–Crippen MR) is 79.4 cm³/mol. The molecule has 0 spiro atoms. The van der Waals surface area contributed by atoms with E-state index in [0.717, 1.165) is 18.4 Å². The summed E-state index contributed by atoms with van der Waals surface area (Å²) in [4.78, 5) is 0. The first-order valence-electron chi connectivity index (χ1n) is 7.66. The summed E-state index contributed by atoms with van der Waals surface area (Å²) in [5.74, 6) is 1.57. The molecule has 0 bridgehead atoms. The Morgan fingerprint density at radius 2 is 1.65 bits per heavy atom. The van der Waals surface area contributed by atoms with Crippen LogP contribution in [0.15, 0.2) is 0 Å². The Labute approximate surface area is 110 Å². The Balaban J connectivity index is 4.32. The molecule has 0 saturated carbocycles. The lowest BCUT2D eigenvalue weighted by molar-refractivity contribution is 0.183. The highest BCUT2D eigenvalue weighted by molar-refractivity contribution is 4.81. The van der Waals surface area contributed by atoms with Crippen molar-refractivity contribution in [1.82, 2.24) is 5.32 Å². The third-order valence-electron chi connectivity index (χ3n) is 3.70. The van der Waals surface area contributed by atoms with E-state index in [0.29, 0.717) is 5.41 Å². The highest BCUT2D eigenvalue weighted by Crippen LogP contribution is 2.35. The van der Waals surface area contributed by atoms with E-state index in [4.69, 9.17) is 0 Å². The summed E-state index contributed by atoms with van der Waals surface area (Å²) < 4.78 is 0. The maximum atomic E-state index is 3.69. The summed E-state index contributed by atoms with van der Waals surface area (Å²) in [5, 5.41) is 3.69. The summed E-state index contributed by atoms with van der Waals surface area (Å²) in [6.07, 6.45) is 6.78. The molecule has 0 rings (SSSR count). The van der Waals surface area contributed by atoms with E-state index in [1.165, 1.54) is 38.6 Å². The Morgan fingerprint density at radius 1 is 1.00 bits per heavy atom. The Kier molecular flexibility index (Phi) is 8.94. The zero-order valence-corrected chi connectivity index (χ0v) is 13.1. The van der Waals surface area contributed by atoms with Crippen LogP contribution in [0.5, 0.6) is 0 Å². The highest BCUT2D eigenvalue weighted by Gasteiger charge is 2.28. The van der Waals surface area contributed by atoms with E-state index in [9.17, 15) is 0 Å². The van der Waals surface area contributed by atoms with Gasteiger partial charge in [-0.15, -0.1) is 0 Å². The minimum atomic E-state index is 0.541. The van der Waals surface area contributed by atoms with Crippen molar-refractivity contribution in [1.29, 1.82) is 0 Å². The van der Waals surface area contributed by atoms with Gasteiger partial charge in [0.1, 0.15) is 0 Å². The van der Waals surface area contributed by atoms with Crippen LogP contribution in [0.4, 0.5) is 0 Å². The van der Waals surface area contributed by atoms with Gasteiger partial charge >= 0.3 is 0 Å². The number of rotatable bonds is 10. The van der Waals surface area contributed by atoms with Gasteiger partial charge in [-0.1, -0.05) is 54.4 Å². The van der Waals surface area contributed by atoms with Crippen molar-refractivity contribution in [3.8, 4) is 0 Å². The van der Waals surface area contributed by atoms with E-state index in [-0.39, 0.29) is 0 Å². The molecular formula is C16H35N. The molecule has 0 aliphatic rings. The fourth-order valence-electron chi connectivity index (χ4n) is 2.75. The molecule has 1 nitrogen and oxygen atoms in total. The van der Waals surface area contributed by atoms with Gasteiger partial charge in [0, 0.05) is 6.54 Å². The molecule has 0 aliphatic carbocycles. The fraction of sp³-hybridized carbons (Fsp3) is 1.00. The minimum absolute atomic E-state index is 0.541. The monoisotopic (exact) mass is 241 g/mol. The van der Waals surface area contributed by atoms with E-state index in [1.807, 2.05) is 0 Å². The standard InChI is InChI=1S/C16H35N/c1-7-9-10-16(8-2,11-14(3)4)13-17-12-15(5)6/h14-15,17H,7-13H2,1-6H3. The minimum Gasteiger partial charge on any atom is -0.316 e. The van der Waals surface area contributed by atoms with Gasteiger partial charge in [-0.3, -0.25) is 0 Å². The average Bonchev–Trinajstić information content (AvgIpc) is 2.24.